The maximum atomic E-state index is 12.3. The van der Waals surface area contributed by atoms with E-state index in [1.165, 1.54) is 14.1 Å². The zero-order valence-corrected chi connectivity index (χ0v) is 21.5. The normalized spacial score (nSPS) is 11.6. The number of carbonyl (C=O) groups is 4. The van der Waals surface area contributed by atoms with Gasteiger partial charge in [-0.1, -0.05) is 0 Å². The largest absolute Gasteiger partial charge is 0.447 e. The predicted molar refractivity (Wildman–Crippen MR) is 127 cm³/mol. The first-order valence-electron chi connectivity index (χ1n) is 11.6. The Morgan fingerprint density at radius 2 is 1.47 bits per heavy atom. The summed E-state index contributed by atoms with van der Waals surface area (Å²) in [5.74, 6) is -0.112. The number of aldehydes is 1. The van der Waals surface area contributed by atoms with E-state index in [0.717, 1.165) is 19.1 Å². The molecule has 0 saturated carbocycles. The smallest absolute Gasteiger partial charge is 0.406 e. The zero-order chi connectivity index (χ0) is 26.0. The first-order chi connectivity index (χ1) is 15.9. The number of hydrogen-bond donors (Lipinski definition) is 3. The molecule has 11 heteroatoms. The summed E-state index contributed by atoms with van der Waals surface area (Å²) in [7, 11) is 2.87. The third kappa shape index (κ3) is 17.1. The van der Waals surface area contributed by atoms with Crippen molar-refractivity contribution in [2.24, 2.45) is 0 Å². The molecule has 0 radical (unpaired) electrons. The van der Waals surface area contributed by atoms with E-state index >= 15 is 0 Å². The molecule has 0 aromatic heterocycles. The lowest BCUT2D eigenvalue weighted by Gasteiger charge is -2.30. The summed E-state index contributed by atoms with van der Waals surface area (Å²) in [5.41, 5.74) is -0.762. The van der Waals surface area contributed by atoms with Gasteiger partial charge in [0.25, 0.3) is 0 Å². The molecule has 0 bridgehead atoms. The number of hydrogen-bond acceptors (Lipinski definition) is 8. The number of ether oxygens (including phenoxy) is 4. The van der Waals surface area contributed by atoms with Gasteiger partial charge in [-0.15, -0.1) is 0 Å². The van der Waals surface area contributed by atoms with Crippen LogP contribution in [0.4, 0.5) is 9.59 Å². The van der Waals surface area contributed by atoms with Crippen molar-refractivity contribution in [1.82, 2.24) is 16.0 Å². The molecule has 3 amide bonds. The molecule has 0 rings (SSSR count). The van der Waals surface area contributed by atoms with Gasteiger partial charge in [0.2, 0.25) is 5.91 Å². The molecule has 11 nitrogen and oxygen atoms in total. The van der Waals surface area contributed by atoms with E-state index in [1.54, 1.807) is 0 Å². The average Bonchev–Trinajstić information content (AvgIpc) is 2.76. The Bertz CT molecular complexity index is 605. The maximum Gasteiger partial charge on any atom is 0.406 e. The molecule has 0 spiro atoms. The van der Waals surface area contributed by atoms with Crippen molar-refractivity contribution in [3.8, 4) is 0 Å². The number of unbranched alkanes of at least 4 members (excludes halogenated alkanes) is 1. The molecule has 0 saturated heterocycles. The van der Waals surface area contributed by atoms with E-state index in [1.807, 2.05) is 27.7 Å². The van der Waals surface area contributed by atoms with Crippen molar-refractivity contribution < 1.29 is 38.1 Å². The number of carbonyl (C=O) groups excluding carboxylic acids is 4. The standard InChI is InChI=1S/C23H43N3O8/c1-22(2,12-15-34-23(3,4)11-7-8-13-27)26-19(28)10-9-14-31-18(16-32-20(29)24-5)17-33-21(30)25-6/h13,18H,7-12,14-17H2,1-6H3,(H,24,29)(H,25,30)(H,26,28). The van der Waals surface area contributed by atoms with Gasteiger partial charge in [0.1, 0.15) is 25.6 Å². The maximum absolute atomic E-state index is 12.3. The fraction of sp³-hybridized carbons (Fsp3) is 0.826. The van der Waals surface area contributed by atoms with Crippen LogP contribution in [-0.2, 0) is 28.5 Å². The van der Waals surface area contributed by atoms with Gasteiger partial charge in [0, 0.05) is 45.7 Å². The summed E-state index contributed by atoms with van der Waals surface area (Å²) in [4.78, 5) is 45.4. The first-order valence-corrected chi connectivity index (χ1v) is 11.6. The van der Waals surface area contributed by atoms with E-state index in [9.17, 15) is 19.2 Å². The second kappa shape index (κ2) is 17.1. The molecule has 0 aliphatic rings. The lowest BCUT2D eigenvalue weighted by molar-refractivity contribution is -0.123. The Morgan fingerprint density at radius 3 is 2.00 bits per heavy atom. The number of rotatable bonds is 18. The lowest BCUT2D eigenvalue weighted by Crippen LogP contribution is -2.44. The lowest BCUT2D eigenvalue weighted by atomic mass is 9.99. The third-order valence-electron chi connectivity index (χ3n) is 4.91. The number of nitrogens with one attached hydrogen (secondary N) is 3. The van der Waals surface area contributed by atoms with Gasteiger partial charge in [0.15, 0.2) is 0 Å². The van der Waals surface area contributed by atoms with Crippen LogP contribution in [-0.4, -0.2) is 82.1 Å². The molecule has 0 unspecified atom stereocenters. The molecular weight excluding hydrogens is 446 g/mol. The van der Waals surface area contributed by atoms with Crippen LogP contribution < -0.4 is 16.0 Å². The molecule has 0 aromatic carbocycles. The van der Waals surface area contributed by atoms with Crippen molar-refractivity contribution in [3.05, 3.63) is 0 Å². The van der Waals surface area contributed by atoms with Gasteiger partial charge in [0.05, 0.1) is 5.60 Å². The van der Waals surface area contributed by atoms with E-state index in [2.05, 4.69) is 16.0 Å². The third-order valence-corrected chi connectivity index (χ3v) is 4.91. The zero-order valence-electron chi connectivity index (χ0n) is 21.5. The van der Waals surface area contributed by atoms with Crippen LogP contribution >= 0.6 is 0 Å². The quantitative estimate of drug-likeness (QED) is 0.197. The van der Waals surface area contributed by atoms with Gasteiger partial charge in [-0.2, -0.15) is 0 Å². The predicted octanol–water partition coefficient (Wildman–Crippen LogP) is 2.31. The van der Waals surface area contributed by atoms with Crippen LogP contribution in [0.5, 0.6) is 0 Å². The SMILES string of the molecule is CNC(=O)OCC(COC(=O)NC)OCCCC(=O)NC(C)(C)CCOC(C)(C)CCCC=O. The molecule has 198 valence electrons. The van der Waals surface area contributed by atoms with Crippen LogP contribution in [0.15, 0.2) is 0 Å². The van der Waals surface area contributed by atoms with Crippen molar-refractivity contribution >= 4 is 24.4 Å². The molecule has 0 aliphatic carbocycles. The van der Waals surface area contributed by atoms with E-state index in [0.29, 0.717) is 25.9 Å². The molecule has 34 heavy (non-hydrogen) atoms. The minimum absolute atomic E-state index is 0.0958. The van der Waals surface area contributed by atoms with E-state index < -0.39 is 23.8 Å². The van der Waals surface area contributed by atoms with Crippen molar-refractivity contribution in [2.45, 2.75) is 83.5 Å². The molecule has 0 aromatic rings. The van der Waals surface area contributed by atoms with Crippen molar-refractivity contribution in [3.63, 3.8) is 0 Å². The second-order valence-electron chi connectivity index (χ2n) is 9.14. The van der Waals surface area contributed by atoms with Gasteiger partial charge < -0.3 is 39.7 Å². The Morgan fingerprint density at radius 1 is 0.882 bits per heavy atom. The fourth-order valence-corrected chi connectivity index (χ4v) is 2.88. The highest BCUT2D eigenvalue weighted by Gasteiger charge is 2.23. The average molecular weight is 490 g/mol. The summed E-state index contributed by atoms with van der Waals surface area (Å²) in [5, 5.41) is 7.65. The van der Waals surface area contributed by atoms with Gasteiger partial charge >= 0.3 is 12.2 Å². The fourth-order valence-electron chi connectivity index (χ4n) is 2.88. The second-order valence-corrected chi connectivity index (χ2v) is 9.14. The van der Waals surface area contributed by atoms with Crippen molar-refractivity contribution in [2.75, 3.05) is 40.5 Å². The number of alkyl carbamates (subject to hydrolysis) is 2. The highest BCUT2D eigenvalue weighted by Crippen LogP contribution is 2.19. The molecule has 0 atom stereocenters. The summed E-state index contributed by atoms with van der Waals surface area (Å²) in [6.07, 6.45) is 2.46. The minimum atomic E-state index is -0.652. The summed E-state index contributed by atoms with van der Waals surface area (Å²) >= 11 is 0. The highest BCUT2D eigenvalue weighted by atomic mass is 16.6. The van der Waals surface area contributed by atoms with E-state index in [-0.39, 0.29) is 37.7 Å². The number of amides is 3. The monoisotopic (exact) mass is 489 g/mol. The molecule has 0 aliphatic heterocycles. The molecule has 3 N–H and O–H groups in total. The molecule has 0 heterocycles. The summed E-state index contributed by atoms with van der Waals surface area (Å²) < 4.78 is 21.5. The molecular formula is C23H43N3O8. The Balaban J connectivity index is 4.31. The van der Waals surface area contributed by atoms with Gasteiger partial charge in [-0.05, 0) is 53.4 Å². The van der Waals surface area contributed by atoms with Crippen LogP contribution in [0.25, 0.3) is 0 Å². The Labute approximate surface area is 203 Å². The van der Waals surface area contributed by atoms with Crippen LogP contribution in [0, 0.1) is 0 Å². The molecule has 0 fully saturated rings. The van der Waals surface area contributed by atoms with Crippen molar-refractivity contribution in [1.29, 1.82) is 0 Å². The Kier molecular flexibility index (Phi) is 15.9. The van der Waals surface area contributed by atoms with Crippen LogP contribution in [0.1, 0.15) is 66.2 Å². The Hall–Kier alpha value is -2.40. The van der Waals surface area contributed by atoms with Gasteiger partial charge in [-0.3, -0.25) is 4.79 Å². The van der Waals surface area contributed by atoms with Crippen LogP contribution in [0.2, 0.25) is 0 Å². The summed E-state index contributed by atoms with van der Waals surface area (Å²) in [6.45, 7) is 8.39. The topological polar surface area (TPSA) is 141 Å². The van der Waals surface area contributed by atoms with Gasteiger partial charge in [-0.25, -0.2) is 9.59 Å². The van der Waals surface area contributed by atoms with E-state index in [4.69, 9.17) is 18.9 Å². The van der Waals surface area contributed by atoms with Crippen LogP contribution in [0.3, 0.4) is 0 Å². The first kappa shape index (κ1) is 31.6. The minimum Gasteiger partial charge on any atom is -0.447 e. The highest BCUT2D eigenvalue weighted by molar-refractivity contribution is 5.76. The summed E-state index contributed by atoms with van der Waals surface area (Å²) in [6, 6.07) is 0.